The first kappa shape index (κ1) is 41.2. The third-order valence-corrected chi connectivity index (χ3v) is 9.41. The van der Waals surface area contributed by atoms with Gasteiger partial charge in [-0.2, -0.15) is 0 Å². The Bertz CT molecular complexity index is 937. The van der Waals surface area contributed by atoms with Gasteiger partial charge in [-0.15, -0.1) is 16.1 Å². The minimum absolute atomic E-state index is 0. The summed E-state index contributed by atoms with van der Waals surface area (Å²) in [5.41, 5.74) is 4.43. The van der Waals surface area contributed by atoms with Crippen LogP contribution in [0.5, 0.6) is 0 Å². The fourth-order valence-corrected chi connectivity index (χ4v) is 7.76. The summed E-state index contributed by atoms with van der Waals surface area (Å²) < 4.78 is 74.0. The third-order valence-electron chi connectivity index (χ3n) is 5.72. The van der Waals surface area contributed by atoms with E-state index in [2.05, 4.69) is 52.4 Å². The largest absolute Gasteiger partial charge is 0.381 e. The molecule has 0 amide bonds. The molecule has 0 N–H and O–H groups in total. The SMILES string of the molecule is C1CCOC1.CC1=C(C)C(C)=C(C)[C]1[Si](C)(C)c1c(F)c(F)c(F)c(F)c1F.[CH2-][Si](C)(C)C.[CH2-][Si](C)(C)C.[Y]. The van der Waals surface area contributed by atoms with Gasteiger partial charge < -0.3 is 17.8 Å². The van der Waals surface area contributed by atoms with E-state index in [1.165, 1.54) is 12.8 Å². The quantitative estimate of drug-likeness (QED) is 0.0995. The zero-order valence-electron chi connectivity index (χ0n) is 26.1. The smallest absolute Gasteiger partial charge is 0.200 e. The Balaban J connectivity index is 0. The van der Waals surface area contributed by atoms with Crippen LogP contribution in [0.2, 0.25) is 52.4 Å². The van der Waals surface area contributed by atoms with Gasteiger partial charge in [0.2, 0.25) is 5.82 Å². The molecule has 0 saturated carbocycles. The van der Waals surface area contributed by atoms with Crippen molar-refractivity contribution in [2.75, 3.05) is 13.2 Å². The molecule has 1 aliphatic carbocycles. The van der Waals surface area contributed by atoms with E-state index in [-0.39, 0.29) is 32.7 Å². The molecule has 0 bridgehead atoms. The van der Waals surface area contributed by atoms with Crippen molar-refractivity contribution in [1.82, 2.24) is 0 Å². The molecule has 0 spiro atoms. The van der Waals surface area contributed by atoms with E-state index in [1.54, 1.807) is 13.1 Å². The summed E-state index contributed by atoms with van der Waals surface area (Å²) in [7, 11) is -4.85. The molecule has 222 valence electrons. The van der Waals surface area contributed by atoms with Gasteiger partial charge in [0.15, 0.2) is 23.3 Å². The molecule has 1 aromatic rings. The molecule has 0 aromatic heterocycles. The number of hydrogen-bond donors (Lipinski definition) is 0. The average Bonchev–Trinajstić information content (AvgIpc) is 3.37. The monoisotopic (exact) mass is 680 g/mol. The van der Waals surface area contributed by atoms with Crippen LogP contribution in [0.4, 0.5) is 22.0 Å². The molecule has 0 atom stereocenters. The number of halogens is 5. The predicted octanol–water partition coefficient (Wildman–Crippen LogP) is 9.29. The predicted molar refractivity (Wildman–Crippen MR) is 161 cm³/mol. The van der Waals surface area contributed by atoms with Crippen molar-refractivity contribution >= 4 is 29.4 Å². The number of benzene rings is 1. The molecule has 1 aliphatic heterocycles. The molecule has 1 saturated heterocycles. The summed E-state index contributed by atoms with van der Waals surface area (Å²) in [5.74, 6) is -9.30. The minimum atomic E-state index is -3.13. The van der Waals surface area contributed by atoms with Crippen molar-refractivity contribution in [2.24, 2.45) is 0 Å². The Morgan fingerprint density at radius 3 is 1.03 bits per heavy atom. The van der Waals surface area contributed by atoms with E-state index < -0.39 is 58.5 Å². The second-order valence-corrected chi connectivity index (χ2v) is 27.4. The Morgan fingerprint density at radius 1 is 0.538 bits per heavy atom. The maximum absolute atomic E-state index is 14.3. The first-order valence-corrected chi connectivity index (χ1v) is 23.4. The van der Waals surface area contributed by atoms with Crippen LogP contribution in [0.15, 0.2) is 22.3 Å². The zero-order valence-corrected chi connectivity index (χ0v) is 32.0. The molecule has 39 heavy (non-hydrogen) atoms. The van der Waals surface area contributed by atoms with E-state index in [4.69, 9.17) is 4.74 Å². The summed E-state index contributed by atoms with van der Waals surface area (Å²) in [6.07, 6.45) is 2.56. The summed E-state index contributed by atoms with van der Waals surface area (Å²) in [6.45, 7) is 33.8. The third kappa shape index (κ3) is 13.3. The van der Waals surface area contributed by atoms with Crippen LogP contribution < -0.4 is 5.19 Å². The maximum Gasteiger partial charge on any atom is 0.200 e. The van der Waals surface area contributed by atoms with E-state index in [0.717, 1.165) is 41.0 Å². The number of rotatable bonds is 2. The minimum Gasteiger partial charge on any atom is -0.381 e. The molecule has 3 rings (SSSR count). The van der Waals surface area contributed by atoms with Gasteiger partial charge >= 0.3 is 0 Å². The van der Waals surface area contributed by atoms with Crippen LogP contribution in [-0.4, -0.2) is 37.4 Å². The average molecular weight is 681 g/mol. The van der Waals surface area contributed by atoms with Gasteiger partial charge in [-0.3, -0.25) is 0 Å². The van der Waals surface area contributed by atoms with E-state index in [9.17, 15) is 22.0 Å². The number of ether oxygens (including phenoxy) is 1. The van der Waals surface area contributed by atoms with E-state index >= 15 is 0 Å². The van der Waals surface area contributed by atoms with Crippen molar-refractivity contribution in [3.63, 3.8) is 0 Å². The summed E-state index contributed by atoms with van der Waals surface area (Å²) in [4.78, 5) is 0. The van der Waals surface area contributed by atoms with Crippen LogP contribution in [-0.2, 0) is 37.4 Å². The second kappa shape index (κ2) is 16.6. The molecule has 2 radical (unpaired) electrons. The first-order chi connectivity index (χ1) is 16.9. The Morgan fingerprint density at radius 2 is 0.795 bits per heavy atom. The molecule has 10 heteroatoms. The topological polar surface area (TPSA) is 9.23 Å². The van der Waals surface area contributed by atoms with Crippen molar-refractivity contribution in [1.29, 1.82) is 0 Å². The van der Waals surface area contributed by atoms with E-state index in [0.29, 0.717) is 0 Å². The van der Waals surface area contributed by atoms with Gasteiger partial charge in [-0.1, -0.05) is 63.5 Å². The van der Waals surface area contributed by atoms with E-state index in [1.807, 2.05) is 27.7 Å². The van der Waals surface area contributed by atoms with Crippen LogP contribution in [0.25, 0.3) is 0 Å². The van der Waals surface area contributed by atoms with Gasteiger partial charge in [-0.25, -0.2) is 22.0 Å². The van der Waals surface area contributed by atoms with Gasteiger partial charge in [0.25, 0.3) is 0 Å². The molecule has 0 unspecified atom stereocenters. The molecule has 1 heterocycles. The Hall–Kier alpha value is 0.0645. The summed E-state index contributed by atoms with van der Waals surface area (Å²) in [5, 5.41) is -0.662. The summed E-state index contributed by atoms with van der Waals surface area (Å²) >= 11 is 0. The van der Waals surface area contributed by atoms with Crippen LogP contribution >= 0.6 is 0 Å². The van der Waals surface area contributed by atoms with Crippen molar-refractivity contribution in [3.05, 3.63) is 70.0 Å². The first-order valence-electron chi connectivity index (χ1n) is 13.0. The maximum atomic E-state index is 14.3. The number of hydrogen-bond acceptors (Lipinski definition) is 1. The standard InChI is InChI=1S/C17H18F5Si.C4H8O.2C4H11Si.Y/c1-7-8(2)10(4)16(9(7)3)23(5,6)17-14(21)12(19)11(18)13(20)15(17)22;1-2-4-5-3-1;2*1-5(2,3)4;/h1-6H3;1-4H2;2*1H2,2-4H3;/q;;2*-1;. The Kier molecular flexibility index (Phi) is 17.6. The van der Waals surface area contributed by atoms with Crippen LogP contribution in [0, 0.1) is 47.7 Å². The summed E-state index contributed by atoms with van der Waals surface area (Å²) in [6, 6.07) is 0. The zero-order chi connectivity index (χ0) is 30.4. The normalized spacial score (nSPS) is 16.1. The van der Waals surface area contributed by atoms with Gasteiger partial charge in [-0.05, 0) is 51.7 Å². The fourth-order valence-electron chi connectivity index (χ4n) is 3.95. The molecule has 2 aliphatic rings. The molecule has 1 aromatic carbocycles. The molecular formula is C29H48F5OSi3Y-2. The number of allylic oxidation sites excluding steroid dienone is 4. The van der Waals surface area contributed by atoms with Crippen molar-refractivity contribution in [3.8, 4) is 0 Å². The molecule has 1 nitrogen and oxygen atoms in total. The molecule has 1 fully saturated rings. The van der Waals surface area contributed by atoms with Crippen molar-refractivity contribution in [2.45, 2.75) is 92.9 Å². The van der Waals surface area contributed by atoms with Gasteiger partial charge in [0, 0.05) is 56.7 Å². The van der Waals surface area contributed by atoms with Crippen LogP contribution in [0.3, 0.4) is 0 Å². The van der Waals surface area contributed by atoms with Crippen molar-refractivity contribution < 1.29 is 59.4 Å². The van der Waals surface area contributed by atoms with Gasteiger partial charge in [0.05, 0.1) is 0 Å². The van der Waals surface area contributed by atoms with Crippen LogP contribution in [0.1, 0.15) is 40.5 Å². The second-order valence-electron chi connectivity index (χ2n) is 12.9. The molecular weight excluding hydrogens is 632 g/mol. The van der Waals surface area contributed by atoms with Gasteiger partial charge in [0.1, 0.15) is 8.07 Å². The Labute approximate surface area is 263 Å². The fraction of sp³-hybridized carbons (Fsp3) is 0.552.